The minimum Gasteiger partial charge on any atom is -0.439 e. The van der Waals surface area contributed by atoms with Gasteiger partial charge < -0.3 is 19.9 Å². The molecule has 1 saturated carbocycles. The molecule has 14 heteroatoms. The number of alkyl halides is 6. The van der Waals surface area contributed by atoms with Gasteiger partial charge in [0.15, 0.2) is 5.82 Å². The van der Waals surface area contributed by atoms with Crippen LogP contribution in [0.5, 0.6) is 0 Å². The second kappa shape index (κ2) is 11.8. The van der Waals surface area contributed by atoms with Crippen molar-refractivity contribution in [2.24, 2.45) is 0 Å². The lowest BCUT2D eigenvalue weighted by molar-refractivity contribution is -0.143. The first-order valence-electron chi connectivity index (χ1n) is 14.4. The number of cyclic esters (lactones) is 1. The molecule has 1 saturated heterocycles. The molecular weight excluding hydrogens is 592 g/mol. The Morgan fingerprint density at radius 1 is 1.02 bits per heavy atom. The number of nitrogens with zero attached hydrogens (tertiary/aromatic N) is 4. The summed E-state index contributed by atoms with van der Waals surface area (Å²) in [7, 11) is 0. The average molecular weight is 626 g/mol. The normalized spacial score (nSPS) is 19.8. The van der Waals surface area contributed by atoms with Gasteiger partial charge in [-0.15, -0.1) is 0 Å². The minimum atomic E-state index is -5.03. The van der Waals surface area contributed by atoms with Gasteiger partial charge in [-0.25, -0.2) is 9.78 Å². The number of amides is 1. The number of carbonyl (C=O) groups is 1. The Hall–Kier alpha value is -3.97. The van der Waals surface area contributed by atoms with Crippen molar-refractivity contribution in [3.05, 3.63) is 58.5 Å². The van der Waals surface area contributed by atoms with Crippen LogP contribution in [0.1, 0.15) is 80.1 Å². The molecule has 2 fully saturated rings. The predicted molar refractivity (Wildman–Crippen MR) is 149 cm³/mol. The molecule has 0 radical (unpaired) electrons. The van der Waals surface area contributed by atoms with Crippen LogP contribution in [0.3, 0.4) is 0 Å². The van der Waals surface area contributed by atoms with E-state index in [0.29, 0.717) is 46.9 Å². The molecular formula is C30H33F6N5O3. The van der Waals surface area contributed by atoms with Gasteiger partial charge in [-0.05, 0) is 63.4 Å². The number of nitrogens with two attached hydrogens (primary N) is 1. The quantitative estimate of drug-likeness (QED) is 0.267. The summed E-state index contributed by atoms with van der Waals surface area (Å²) in [6.45, 7) is 5.80. The van der Waals surface area contributed by atoms with Gasteiger partial charge in [0.05, 0.1) is 29.3 Å². The number of carbonyl (C=O) groups excluding carboxylic acids is 1. The lowest BCUT2D eigenvalue weighted by Crippen LogP contribution is -2.39. The second-order valence-corrected chi connectivity index (χ2v) is 11.3. The summed E-state index contributed by atoms with van der Waals surface area (Å²) in [5.74, 6) is 1.24. The lowest BCUT2D eigenvalue weighted by Gasteiger charge is -2.36. The Balaban J connectivity index is 1.53. The predicted octanol–water partition coefficient (Wildman–Crippen LogP) is 7.91. The number of pyridine rings is 1. The van der Waals surface area contributed by atoms with Gasteiger partial charge >= 0.3 is 18.4 Å². The second-order valence-electron chi connectivity index (χ2n) is 11.3. The average Bonchev–Trinajstić information content (AvgIpc) is 3.45. The van der Waals surface area contributed by atoms with Crippen molar-refractivity contribution in [1.82, 2.24) is 15.0 Å². The van der Waals surface area contributed by atoms with Crippen molar-refractivity contribution in [1.29, 1.82) is 0 Å². The summed E-state index contributed by atoms with van der Waals surface area (Å²) in [4.78, 5) is 21.4. The highest BCUT2D eigenvalue weighted by Gasteiger charge is 2.43. The lowest BCUT2D eigenvalue weighted by atomic mass is 9.93. The molecule has 2 atom stereocenters. The summed E-state index contributed by atoms with van der Waals surface area (Å²) in [6.07, 6.45) is -5.45. The molecule has 3 aromatic rings. The van der Waals surface area contributed by atoms with Crippen molar-refractivity contribution in [3.63, 3.8) is 0 Å². The fraction of sp³-hybridized carbons (Fsp3) is 0.500. The van der Waals surface area contributed by atoms with Gasteiger partial charge in [0.25, 0.3) is 0 Å². The Morgan fingerprint density at radius 3 is 2.20 bits per heavy atom. The fourth-order valence-electron chi connectivity index (χ4n) is 6.22. The van der Waals surface area contributed by atoms with Gasteiger partial charge in [-0.2, -0.15) is 26.3 Å². The maximum atomic E-state index is 13.6. The molecule has 8 nitrogen and oxygen atoms in total. The first-order chi connectivity index (χ1) is 20.7. The first kappa shape index (κ1) is 31.5. The van der Waals surface area contributed by atoms with E-state index in [1.165, 1.54) is 11.8 Å². The van der Waals surface area contributed by atoms with Gasteiger partial charge in [0.1, 0.15) is 17.7 Å². The third kappa shape index (κ3) is 6.16. The first-order valence-corrected chi connectivity index (χ1v) is 14.4. The summed E-state index contributed by atoms with van der Waals surface area (Å²) in [5, 5.41) is 3.81. The maximum absolute atomic E-state index is 13.6. The summed E-state index contributed by atoms with van der Waals surface area (Å²) >= 11 is 0. The van der Waals surface area contributed by atoms with Gasteiger partial charge in [0, 0.05) is 29.9 Å². The van der Waals surface area contributed by atoms with Crippen molar-refractivity contribution in [2.75, 3.05) is 17.2 Å². The van der Waals surface area contributed by atoms with Crippen LogP contribution in [0.25, 0.3) is 11.1 Å². The Labute approximate surface area is 250 Å². The van der Waals surface area contributed by atoms with Crippen LogP contribution in [-0.4, -0.2) is 39.8 Å². The zero-order chi connectivity index (χ0) is 32.0. The molecule has 2 aliphatic rings. The van der Waals surface area contributed by atoms with E-state index in [9.17, 15) is 31.1 Å². The topological polar surface area (TPSA) is 97.7 Å². The molecule has 44 heavy (non-hydrogen) atoms. The molecule has 1 aliphatic carbocycles. The number of benzene rings is 1. The molecule has 5 rings (SSSR count). The zero-order valence-corrected chi connectivity index (χ0v) is 24.4. The van der Waals surface area contributed by atoms with E-state index < -0.39 is 47.3 Å². The van der Waals surface area contributed by atoms with E-state index >= 15 is 0 Å². The summed E-state index contributed by atoms with van der Waals surface area (Å²) in [6, 6.07) is 2.36. The Bertz CT molecular complexity index is 1460. The van der Waals surface area contributed by atoms with E-state index in [0.717, 1.165) is 32.1 Å². The third-order valence-electron chi connectivity index (χ3n) is 8.42. The number of hydrogen-bond acceptors (Lipinski definition) is 7. The van der Waals surface area contributed by atoms with Crippen LogP contribution in [0, 0.1) is 6.92 Å². The number of hydrogen-bond donors (Lipinski definition) is 1. The van der Waals surface area contributed by atoms with Crippen LogP contribution < -0.4 is 10.6 Å². The van der Waals surface area contributed by atoms with Gasteiger partial charge in [-0.1, -0.05) is 24.4 Å². The van der Waals surface area contributed by atoms with Crippen molar-refractivity contribution in [2.45, 2.75) is 90.0 Å². The number of rotatable bonds is 7. The molecule has 1 amide bonds. The number of aromatic nitrogens is 2. The monoisotopic (exact) mass is 625 g/mol. The molecule has 2 N–H and O–H groups in total. The standard InChI is InChI=1S/C30H33F6N5O3/c1-4-40(23-8-6-5-7-9-23)27-20(10-19(14-38-27)24-17(3)44-39-26(24)37)15-41-16(2)25(43-28(41)42)18-11-21(29(31,32)33)13-22(12-18)30(34,35)36/h10-14,16,23,25H,4-9,15H2,1-3H3,(H2,37,39)/t16-,25-/m0/s1. The van der Waals surface area contributed by atoms with Crippen LogP contribution in [-0.2, 0) is 23.6 Å². The largest absolute Gasteiger partial charge is 0.439 e. The molecule has 0 spiro atoms. The summed E-state index contributed by atoms with van der Waals surface area (Å²) in [5.41, 5.74) is 4.43. The highest BCUT2D eigenvalue weighted by atomic mass is 19.4. The highest BCUT2D eigenvalue weighted by Crippen LogP contribution is 2.42. The maximum Gasteiger partial charge on any atom is 0.416 e. The SMILES string of the molecule is CCN(c1ncc(-c2c(N)noc2C)cc1CN1C(=O)O[C@H](c2cc(C(F)(F)F)cc(C(F)(F)F)c2)[C@@H]1C)C1CCCCC1. The molecule has 1 aliphatic heterocycles. The van der Waals surface area contributed by atoms with E-state index in [1.807, 2.05) is 13.0 Å². The Morgan fingerprint density at radius 2 is 1.66 bits per heavy atom. The molecule has 0 unspecified atom stereocenters. The zero-order valence-electron chi connectivity index (χ0n) is 24.4. The number of nitrogen functional groups attached to an aromatic ring is 1. The molecule has 3 heterocycles. The van der Waals surface area contributed by atoms with Gasteiger partial charge in [0.2, 0.25) is 0 Å². The Kier molecular flexibility index (Phi) is 8.47. The van der Waals surface area contributed by atoms with E-state index in [2.05, 4.69) is 10.1 Å². The highest BCUT2D eigenvalue weighted by molar-refractivity contribution is 5.77. The molecule has 1 aromatic carbocycles. The van der Waals surface area contributed by atoms with Crippen molar-refractivity contribution >= 4 is 17.7 Å². The molecule has 238 valence electrons. The van der Waals surface area contributed by atoms with Crippen LogP contribution in [0.2, 0.25) is 0 Å². The molecule has 0 bridgehead atoms. The number of ether oxygens (including phenoxy) is 1. The van der Waals surface area contributed by atoms with Crippen LogP contribution in [0.4, 0.5) is 42.8 Å². The number of anilines is 2. The summed E-state index contributed by atoms with van der Waals surface area (Å²) < 4.78 is 92.0. The van der Waals surface area contributed by atoms with Gasteiger partial charge in [-0.3, -0.25) is 4.90 Å². The van der Waals surface area contributed by atoms with E-state index in [-0.39, 0.29) is 24.5 Å². The minimum absolute atomic E-state index is 0.0508. The van der Waals surface area contributed by atoms with Crippen molar-refractivity contribution < 1.29 is 40.4 Å². The smallest absolute Gasteiger partial charge is 0.416 e. The number of halogens is 6. The number of aryl methyl sites for hydroxylation is 1. The van der Waals surface area contributed by atoms with E-state index in [1.54, 1.807) is 13.1 Å². The van der Waals surface area contributed by atoms with Crippen LogP contribution >= 0.6 is 0 Å². The third-order valence-corrected chi connectivity index (χ3v) is 8.42. The van der Waals surface area contributed by atoms with Crippen LogP contribution in [0.15, 0.2) is 35.0 Å². The fourth-order valence-corrected chi connectivity index (χ4v) is 6.22. The van der Waals surface area contributed by atoms with Crippen molar-refractivity contribution in [3.8, 4) is 11.1 Å². The molecule has 2 aromatic heterocycles. The van der Waals surface area contributed by atoms with E-state index in [4.69, 9.17) is 20.0 Å².